The van der Waals surface area contributed by atoms with Gasteiger partial charge in [-0.3, -0.25) is 14.9 Å². The number of nitro benzene ring substituents is 1. The number of nitrogens with one attached hydrogen (secondary N) is 1. The monoisotopic (exact) mass is 328 g/mol. The molecule has 2 aromatic carbocycles. The first-order chi connectivity index (χ1) is 11.5. The van der Waals surface area contributed by atoms with E-state index < -0.39 is 4.92 Å². The van der Waals surface area contributed by atoms with Crippen molar-refractivity contribution in [3.8, 4) is 11.5 Å². The van der Waals surface area contributed by atoms with Crippen LogP contribution in [0.25, 0.3) is 0 Å². The SMILES string of the molecule is COc1cc2c(cc1OC)C(c1cccc([N+](=O)[O-])c1)CC(=O)N2. The highest BCUT2D eigenvalue weighted by molar-refractivity contribution is 5.96. The first-order valence-corrected chi connectivity index (χ1v) is 7.33. The minimum atomic E-state index is -0.443. The van der Waals surface area contributed by atoms with Gasteiger partial charge in [0.15, 0.2) is 11.5 Å². The van der Waals surface area contributed by atoms with Crippen molar-refractivity contribution in [2.45, 2.75) is 12.3 Å². The van der Waals surface area contributed by atoms with Crippen molar-refractivity contribution in [2.75, 3.05) is 19.5 Å². The van der Waals surface area contributed by atoms with E-state index in [9.17, 15) is 14.9 Å². The summed E-state index contributed by atoms with van der Waals surface area (Å²) in [7, 11) is 3.06. The number of nitrogens with zero attached hydrogens (tertiary/aromatic N) is 1. The summed E-state index contributed by atoms with van der Waals surface area (Å²) in [5, 5.41) is 13.8. The van der Waals surface area contributed by atoms with Gasteiger partial charge < -0.3 is 14.8 Å². The molecule has 124 valence electrons. The number of nitro groups is 1. The molecule has 1 heterocycles. The Morgan fingerprint density at radius 3 is 2.54 bits per heavy atom. The van der Waals surface area contributed by atoms with Crippen LogP contribution < -0.4 is 14.8 Å². The molecule has 1 aliphatic heterocycles. The normalized spacial score (nSPS) is 16.1. The molecule has 7 heteroatoms. The number of rotatable bonds is 4. The fourth-order valence-electron chi connectivity index (χ4n) is 2.94. The number of carbonyl (C=O) groups excluding carboxylic acids is 1. The van der Waals surface area contributed by atoms with Crippen LogP contribution in [0, 0.1) is 10.1 Å². The number of hydrogen-bond acceptors (Lipinski definition) is 5. The van der Waals surface area contributed by atoms with E-state index in [2.05, 4.69) is 5.32 Å². The van der Waals surface area contributed by atoms with Crippen LogP contribution >= 0.6 is 0 Å². The summed E-state index contributed by atoms with van der Waals surface area (Å²) in [6, 6.07) is 9.86. The van der Waals surface area contributed by atoms with Crippen molar-refractivity contribution in [1.29, 1.82) is 0 Å². The molecule has 0 aromatic heterocycles. The van der Waals surface area contributed by atoms with E-state index in [1.165, 1.54) is 26.4 Å². The Bertz CT molecular complexity index is 819. The Balaban J connectivity index is 2.13. The average molecular weight is 328 g/mol. The number of methoxy groups -OCH3 is 2. The maximum Gasteiger partial charge on any atom is 0.269 e. The number of non-ortho nitro benzene ring substituents is 1. The van der Waals surface area contributed by atoms with E-state index in [1.54, 1.807) is 24.3 Å². The molecular formula is C17H16N2O5. The van der Waals surface area contributed by atoms with Crippen molar-refractivity contribution in [2.24, 2.45) is 0 Å². The number of fused-ring (bicyclic) bond motifs is 1. The van der Waals surface area contributed by atoms with Crippen LogP contribution in [0.1, 0.15) is 23.5 Å². The topological polar surface area (TPSA) is 90.7 Å². The van der Waals surface area contributed by atoms with Crippen molar-refractivity contribution in [3.05, 3.63) is 57.6 Å². The highest BCUT2D eigenvalue weighted by atomic mass is 16.6. The van der Waals surface area contributed by atoms with Crippen LogP contribution in [0.5, 0.6) is 11.5 Å². The van der Waals surface area contributed by atoms with Crippen LogP contribution in [-0.4, -0.2) is 25.1 Å². The lowest BCUT2D eigenvalue weighted by Crippen LogP contribution is -2.23. The molecule has 3 rings (SSSR count). The molecule has 24 heavy (non-hydrogen) atoms. The Hall–Kier alpha value is -3.09. The molecule has 0 spiro atoms. The van der Waals surface area contributed by atoms with E-state index in [0.717, 1.165) is 5.56 Å². The summed E-state index contributed by atoms with van der Waals surface area (Å²) in [5.41, 5.74) is 2.18. The van der Waals surface area contributed by atoms with Gasteiger partial charge in [-0.1, -0.05) is 12.1 Å². The Labute approximate surface area is 138 Å². The van der Waals surface area contributed by atoms with E-state index in [4.69, 9.17) is 9.47 Å². The van der Waals surface area contributed by atoms with Crippen LogP contribution in [0.4, 0.5) is 11.4 Å². The van der Waals surface area contributed by atoms with Gasteiger partial charge in [0, 0.05) is 36.2 Å². The van der Waals surface area contributed by atoms with E-state index in [1.807, 2.05) is 0 Å². The fraction of sp³-hybridized carbons (Fsp3) is 0.235. The third-order valence-corrected chi connectivity index (χ3v) is 4.08. The molecule has 1 aliphatic rings. The molecule has 2 aromatic rings. The number of carbonyl (C=O) groups is 1. The predicted octanol–water partition coefficient (Wildman–Crippen LogP) is 3.09. The van der Waals surface area contributed by atoms with E-state index >= 15 is 0 Å². The second kappa shape index (κ2) is 6.19. The zero-order valence-electron chi connectivity index (χ0n) is 13.2. The first kappa shape index (κ1) is 15.8. The van der Waals surface area contributed by atoms with E-state index in [-0.39, 0.29) is 23.9 Å². The van der Waals surface area contributed by atoms with Gasteiger partial charge in [-0.15, -0.1) is 0 Å². The minimum absolute atomic E-state index is 0.000471. The van der Waals surface area contributed by atoms with Gasteiger partial charge in [0.2, 0.25) is 5.91 Å². The third-order valence-electron chi connectivity index (χ3n) is 4.08. The number of amides is 1. The summed E-state index contributed by atoms with van der Waals surface area (Å²) >= 11 is 0. The molecule has 1 unspecified atom stereocenters. The van der Waals surface area contributed by atoms with Gasteiger partial charge in [-0.25, -0.2) is 0 Å². The van der Waals surface area contributed by atoms with Crippen LogP contribution in [0.3, 0.4) is 0 Å². The summed E-state index contributed by atoms with van der Waals surface area (Å²) in [6.07, 6.45) is 0.212. The number of anilines is 1. The highest BCUT2D eigenvalue weighted by Crippen LogP contribution is 2.43. The van der Waals surface area contributed by atoms with Crippen LogP contribution in [-0.2, 0) is 4.79 Å². The Kier molecular flexibility index (Phi) is 4.07. The first-order valence-electron chi connectivity index (χ1n) is 7.33. The lowest BCUT2D eigenvalue weighted by molar-refractivity contribution is -0.384. The maximum absolute atomic E-state index is 12.1. The van der Waals surface area contributed by atoms with Crippen molar-refractivity contribution in [3.63, 3.8) is 0 Å². The maximum atomic E-state index is 12.1. The quantitative estimate of drug-likeness (QED) is 0.688. The van der Waals surface area contributed by atoms with Crippen LogP contribution in [0.15, 0.2) is 36.4 Å². The van der Waals surface area contributed by atoms with Crippen molar-refractivity contribution < 1.29 is 19.2 Å². The molecule has 0 saturated carbocycles. The summed E-state index contributed by atoms with van der Waals surface area (Å²) in [6.45, 7) is 0. The Morgan fingerprint density at radius 2 is 1.88 bits per heavy atom. The summed E-state index contributed by atoms with van der Waals surface area (Å²) in [4.78, 5) is 22.6. The van der Waals surface area contributed by atoms with Crippen LogP contribution in [0.2, 0.25) is 0 Å². The third kappa shape index (κ3) is 2.76. The molecule has 0 bridgehead atoms. The predicted molar refractivity (Wildman–Crippen MR) is 87.7 cm³/mol. The fourth-order valence-corrected chi connectivity index (χ4v) is 2.94. The standard InChI is InChI=1S/C17H16N2O5/c1-23-15-7-13-12(10-4-3-5-11(6-10)19(21)22)8-17(20)18-14(13)9-16(15)24-2/h3-7,9,12H,8H2,1-2H3,(H,18,20). The van der Waals surface area contributed by atoms with Gasteiger partial charge in [0.05, 0.1) is 19.1 Å². The highest BCUT2D eigenvalue weighted by Gasteiger charge is 2.29. The second-order valence-corrected chi connectivity index (χ2v) is 5.45. The molecule has 7 nitrogen and oxygen atoms in total. The van der Waals surface area contributed by atoms with Gasteiger partial charge in [-0.2, -0.15) is 0 Å². The molecule has 0 aliphatic carbocycles. The minimum Gasteiger partial charge on any atom is -0.493 e. The van der Waals surface area contributed by atoms with E-state index in [0.29, 0.717) is 22.7 Å². The Morgan fingerprint density at radius 1 is 1.17 bits per heavy atom. The van der Waals surface area contributed by atoms with Gasteiger partial charge in [0.25, 0.3) is 5.69 Å². The number of hydrogen-bond donors (Lipinski definition) is 1. The van der Waals surface area contributed by atoms with Crippen molar-refractivity contribution in [1.82, 2.24) is 0 Å². The molecular weight excluding hydrogens is 312 g/mol. The molecule has 1 atom stereocenters. The zero-order chi connectivity index (χ0) is 17.3. The smallest absolute Gasteiger partial charge is 0.269 e. The van der Waals surface area contributed by atoms with Crippen molar-refractivity contribution >= 4 is 17.3 Å². The number of ether oxygens (including phenoxy) is 2. The van der Waals surface area contributed by atoms with Gasteiger partial charge in [-0.05, 0) is 17.2 Å². The lowest BCUT2D eigenvalue weighted by Gasteiger charge is -2.27. The lowest BCUT2D eigenvalue weighted by atomic mass is 9.84. The van der Waals surface area contributed by atoms with Gasteiger partial charge in [0.1, 0.15) is 0 Å². The summed E-state index contributed by atoms with van der Waals surface area (Å²) in [5.74, 6) is 0.624. The average Bonchev–Trinajstić information content (AvgIpc) is 2.59. The largest absolute Gasteiger partial charge is 0.493 e. The summed E-state index contributed by atoms with van der Waals surface area (Å²) < 4.78 is 10.6. The molecule has 0 radical (unpaired) electrons. The molecule has 0 saturated heterocycles. The van der Waals surface area contributed by atoms with Gasteiger partial charge >= 0.3 is 0 Å². The molecule has 0 fully saturated rings. The molecule has 1 N–H and O–H groups in total. The second-order valence-electron chi connectivity index (χ2n) is 5.45. The zero-order valence-corrected chi connectivity index (χ0v) is 13.2. The molecule has 1 amide bonds. The number of benzene rings is 2.